The maximum atomic E-state index is 11.8. The van der Waals surface area contributed by atoms with Crippen LogP contribution in [0.25, 0.3) is 0 Å². The van der Waals surface area contributed by atoms with Crippen LogP contribution in [-0.2, 0) is 4.79 Å². The molecule has 0 unspecified atom stereocenters. The van der Waals surface area contributed by atoms with Gasteiger partial charge < -0.3 is 9.47 Å². The fourth-order valence-electron chi connectivity index (χ4n) is 1.70. The highest BCUT2D eigenvalue weighted by Crippen LogP contribution is 2.25. The third-order valence-corrected chi connectivity index (χ3v) is 4.38. The molecule has 2 aromatic rings. The predicted molar refractivity (Wildman–Crippen MR) is 103 cm³/mol. The van der Waals surface area contributed by atoms with E-state index in [2.05, 4.69) is 33.1 Å². The highest BCUT2D eigenvalue weighted by Gasteiger charge is 2.07. The molecular formula is C16H13Cl2IN2O3. The van der Waals surface area contributed by atoms with Gasteiger partial charge in [-0.1, -0.05) is 29.3 Å². The number of amides is 1. The summed E-state index contributed by atoms with van der Waals surface area (Å²) >= 11 is 14.1. The SMILES string of the molecule is COc1ccc(OCC(=O)NN=Cc2c(Cl)cccc2Cl)c(I)c1. The van der Waals surface area contributed by atoms with Gasteiger partial charge in [0.15, 0.2) is 6.61 Å². The minimum atomic E-state index is -0.402. The molecule has 8 heteroatoms. The summed E-state index contributed by atoms with van der Waals surface area (Å²) in [6.45, 7) is -0.171. The molecule has 0 saturated carbocycles. The number of benzene rings is 2. The van der Waals surface area contributed by atoms with Crippen LogP contribution in [0.15, 0.2) is 41.5 Å². The van der Waals surface area contributed by atoms with Gasteiger partial charge in [0.1, 0.15) is 11.5 Å². The first kappa shape index (κ1) is 18.8. The summed E-state index contributed by atoms with van der Waals surface area (Å²) in [7, 11) is 1.59. The van der Waals surface area contributed by atoms with Crippen molar-refractivity contribution in [2.75, 3.05) is 13.7 Å². The number of hydrazone groups is 1. The van der Waals surface area contributed by atoms with Crippen LogP contribution >= 0.6 is 45.8 Å². The lowest BCUT2D eigenvalue weighted by atomic mass is 10.2. The first-order valence-electron chi connectivity index (χ1n) is 6.73. The Balaban J connectivity index is 1.89. The summed E-state index contributed by atoms with van der Waals surface area (Å²) in [6, 6.07) is 10.4. The minimum Gasteiger partial charge on any atom is -0.497 e. The summed E-state index contributed by atoms with van der Waals surface area (Å²) in [5, 5.41) is 4.73. The molecule has 1 N–H and O–H groups in total. The number of nitrogens with one attached hydrogen (secondary N) is 1. The van der Waals surface area contributed by atoms with Crippen molar-refractivity contribution in [2.45, 2.75) is 0 Å². The molecule has 0 aromatic heterocycles. The predicted octanol–water partition coefficient (Wildman–Crippen LogP) is 4.14. The van der Waals surface area contributed by atoms with Gasteiger partial charge in [-0.2, -0.15) is 5.10 Å². The van der Waals surface area contributed by atoms with E-state index < -0.39 is 5.91 Å². The lowest BCUT2D eigenvalue weighted by Gasteiger charge is -2.08. The Morgan fingerprint density at radius 1 is 1.29 bits per heavy atom. The summed E-state index contributed by atoms with van der Waals surface area (Å²) in [4.78, 5) is 11.8. The second-order valence-corrected chi connectivity index (χ2v) is 6.49. The molecule has 5 nitrogen and oxygen atoms in total. The summed E-state index contributed by atoms with van der Waals surface area (Å²) < 4.78 is 11.4. The van der Waals surface area contributed by atoms with E-state index in [1.54, 1.807) is 37.4 Å². The zero-order chi connectivity index (χ0) is 17.5. The van der Waals surface area contributed by atoms with Crippen LogP contribution in [0.2, 0.25) is 10.0 Å². The van der Waals surface area contributed by atoms with Gasteiger partial charge in [0.25, 0.3) is 5.91 Å². The zero-order valence-corrected chi connectivity index (χ0v) is 16.2. The van der Waals surface area contributed by atoms with Gasteiger partial charge in [-0.15, -0.1) is 0 Å². The number of ether oxygens (including phenoxy) is 2. The Labute approximate surface area is 163 Å². The van der Waals surface area contributed by atoms with Gasteiger partial charge in [-0.3, -0.25) is 4.79 Å². The van der Waals surface area contributed by atoms with Crippen molar-refractivity contribution in [3.8, 4) is 11.5 Å². The summed E-state index contributed by atoms with van der Waals surface area (Å²) in [6.07, 6.45) is 1.39. The number of carbonyl (C=O) groups is 1. The van der Waals surface area contributed by atoms with Gasteiger partial charge in [-0.05, 0) is 52.9 Å². The first-order chi connectivity index (χ1) is 11.5. The first-order valence-corrected chi connectivity index (χ1v) is 8.57. The number of carbonyl (C=O) groups excluding carboxylic acids is 1. The fourth-order valence-corrected chi connectivity index (χ4v) is 2.84. The minimum absolute atomic E-state index is 0.171. The molecule has 2 rings (SSSR count). The normalized spacial score (nSPS) is 10.7. The molecule has 0 bridgehead atoms. The van der Waals surface area contributed by atoms with Gasteiger partial charge in [0.2, 0.25) is 0 Å². The van der Waals surface area contributed by atoms with Crippen molar-refractivity contribution in [3.05, 3.63) is 55.6 Å². The number of halogens is 3. The molecule has 2 aromatic carbocycles. The van der Waals surface area contributed by atoms with Crippen molar-refractivity contribution in [1.82, 2.24) is 5.43 Å². The van der Waals surface area contributed by atoms with Crippen LogP contribution in [-0.4, -0.2) is 25.8 Å². The largest absolute Gasteiger partial charge is 0.497 e. The second kappa shape index (κ2) is 9.10. The van der Waals surface area contributed by atoms with E-state index in [4.69, 9.17) is 32.7 Å². The standard InChI is InChI=1S/C16H13Cl2IN2O3/c1-23-10-5-6-15(14(19)7-10)24-9-16(22)21-20-8-11-12(17)3-2-4-13(11)18/h2-8H,9H2,1H3,(H,21,22). The van der Waals surface area contributed by atoms with Gasteiger partial charge in [0, 0.05) is 5.56 Å². The fraction of sp³-hybridized carbons (Fsp3) is 0.125. The lowest BCUT2D eigenvalue weighted by Crippen LogP contribution is -2.24. The van der Waals surface area contributed by atoms with E-state index in [0.717, 1.165) is 9.32 Å². The van der Waals surface area contributed by atoms with Gasteiger partial charge >= 0.3 is 0 Å². The Kier molecular flexibility index (Phi) is 7.14. The second-order valence-electron chi connectivity index (χ2n) is 4.51. The maximum Gasteiger partial charge on any atom is 0.277 e. The van der Waals surface area contributed by atoms with Crippen molar-refractivity contribution in [1.29, 1.82) is 0 Å². The van der Waals surface area contributed by atoms with E-state index in [-0.39, 0.29) is 6.61 Å². The van der Waals surface area contributed by atoms with Crippen LogP contribution in [0.3, 0.4) is 0 Å². The van der Waals surface area contributed by atoms with Crippen LogP contribution < -0.4 is 14.9 Å². The third kappa shape index (κ3) is 5.25. The van der Waals surface area contributed by atoms with E-state index >= 15 is 0 Å². The maximum absolute atomic E-state index is 11.8. The topological polar surface area (TPSA) is 59.9 Å². The Hall–Kier alpha value is -1.51. The molecule has 0 atom stereocenters. The highest BCUT2D eigenvalue weighted by atomic mass is 127. The molecule has 126 valence electrons. The van der Waals surface area contributed by atoms with Crippen molar-refractivity contribution < 1.29 is 14.3 Å². The molecular weight excluding hydrogens is 466 g/mol. The van der Waals surface area contributed by atoms with Crippen molar-refractivity contribution in [3.63, 3.8) is 0 Å². The van der Waals surface area contributed by atoms with Crippen LogP contribution in [0.1, 0.15) is 5.56 Å². The number of hydrogen-bond acceptors (Lipinski definition) is 4. The average Bonchev–Trinajstić information content (AvgIpc) is 2.56. The quantitative estimate of drug-likeness (QED) is 0.385. The van der Waals surface area contributed by atoms with E-state index in [0.29, 0.717) is 21.4 Å². The van der Waals surface area contributed by atoms with E-state index in [1.807, 2.05) is 6.07 Å². The molecule has 0 aliphatic carbocycles. The van der Waals surface area contributed by atoms with Gasteiger partial charge in [0.05, 0.1) is 26.9 Å². The Bertz CT molecular complexity index is 749. The number of nitrogens with zero attached hydrogens (tertiary/aromatic N) is 1. The third-order valence-electron chi connectivity index (χ3n) is 2.88. The lowest BCUT2D eigenvalue weighted by molar-refractivity contribution is -0.123. The van der Waals surface area contributed by atoms with E-state index in [1.165, 1.54) is 6.21 Å². The van der Waals surface area contributed by atoms with Crippen LogP contribution in [0, 0.1) is 3.57 Å². The summed E-state index contributed by atoms with van der Waals surface area (Å²) in [5.41, 5.74) is 2.89. The number of methoxy groups -OCH3 is 1. The molecule has 0 spiro atoms. The Morgan fingerprint density at radius 2 is 2.00 bits per heavy atom. The molecule has 0 aliphatic rings. The molecule has 24 heavy (non-hydrogen) atoms. The zero-order valence-electron chi connectivity index (χ0n) is 12.6. The molecule has 0 saturated heterocycles. The average molecular weight is 479 g/mol. The van der Waals surface area contributed by atoms with Gasteiger partial charge in [-0.25, -0.2) is 5.43 Å². The molecule has 0 aliphatic heterocycles. The molecule has 1 amide bonds. The van der Waals surface area contributed by atoms with Crippen LogP contribution in [0.4, 0.5) is 0 Å². The monoisotopic (exact) mass is 478 g/mol. The smallest absolute Gasteiger partial charge is 0.277 e. The van der Waals surface area contributed by atoms with Crippen molar-refractivity contribution in [2.24, 2.45) is 5.10 Å². The molecule has 0 fully saturated rings. The highest BCUT2D eigenvalue weighted by molar-refractivity contribution is 14.1. The summed E-state index contributed by atoms with van der Waals surface area (Å²) in [5.74, 6) is 0.906. The number of hydrogen-bond donors (Lipinski definition) is 1. The number of rotatable bonds is 6. The Morgan fingerprint density at radius 3 is 2.62 bits per heavy atom. The van der Waals surface area contributed by atoms with Crippen molar-refractivity contribution >= 4 is 57.9 Å². The molecule has 0 heterocycles. The molecule has 0 radical (unpaired) electrons. The van der Waals surface area contributed by atoms with E-state index in [9.17, 15) is 4.79 Å². The van der Waals surface area contributed by atoms with Crippen LogP contribution in [0.5, 0.6) is 11.5 Å².